The van der Waals surface area contributed by atoms with E-state index in [2.05, 4.69) is 10.4 Å². The second kappa shape index (κ2) is 8.08. The highest BCUT2D eigenvalue weighted by Crippen LogP contribution is 2.37. The van der Waals surface area contributed by atoms with E-state index in [-0.39, 0.29) is 17.7 Å². The summed E-state index contributed by atoms with van der Waals surface area (Å²) in [7, 11) is 0. The van der Waals surface area contributed by atoms with Gasteiger partial charge in [0.15, 0.2) is 6.61 Å². The molecule has 0 saturated carbocycles. The normalized spacial score (nSPS) is 15.0. The molecule has 0 saturated heterocycles. The number of halogens is 1. The fraction of sp³-hybridized carbons (Fsp3) is 0.190. The van der Waals surface area contributed by atoms with Gasteiger partial charge >= 0.3 is 5.97 Å². The van der Waals surface area contributed by atoms with Crippen molar-refractivity contribution < 1.29 is 18.7 Å². The average molecular weight is 411 g/mol. The first-order chi connectivity index (χ1) is 14.0. The van der Waals surface area contributed by atoms with E-state index in [1.54, 1.807) is 25.1 Å². The van der Waals surface area contributed by atoms with Gasteiger partial charge in [-0.2, -0.15) is 5.10 Å². The third-order valence-corrected chi connectivity index (χ3v) is 5.72. The van der Waals surface area contributed by atoms with Crippen LogP contribution in [-0.4, -0.2) is 33.5 Å². The number of aromatic nitrogens is 2. The number of rotatable bonds is 5. The predicted molar refractivity (Wildman–Crippen MR) is 108 cm³/mol. The van der Waals surface area contributed by atoms with E-state index < -0.39 is 11.9 Å². The van der Waals surface area contributed by atoms with Gasteiger partial charge in [0.25, 0.3) is 5.91 Å². The minimum atomic E-state index is -0.470. The van der Waals surface area contributed by atoms with Crippen molar-refractivity contribution in [3.63, 3.8) is 0 Å². The summed E-state index contributed by atoms with van der Waals surface area (Å²) in [5, 5.41) is 6.66. The zero-order valence-electron chi connectivity index (χ0n) is 15.6. The predicted octanol–water partition coefficient (Wildman–Crippen LogP) is 3.52. The number of amides is 1. The summed E-state index contributed by atoms with van der Waals surface area (Å²) in [6.07, 6.45) is 0.595. The van der Waals surface area contributed by atoms with Crippen LogP contribution in [0.25, 0.3) is 5.69 Å². The van der Waals surface area contributed by atoms with Gasteiger partial charge in [-0.25, -0.2) is 9.07 Å². The highest BCUT2D eigenvalue weighted by molar-refractivity contribution is 8.01. The number of hydrogen-bond donors (Lipinski definition) is 1. The van der Waals surface area contributed by atoms with Crippen LogP contribution in [0.5, 0.6) is 0 Å². The van der Waals surface area contributed by atoms with Crippen molar-refractivity contribution in [3.05, 3.63) is 71.7 Å². The van der Waals surface area contributed by atoms with Crippen LogP contribution in [0.15, 0.2) is 59.5 Å². The number of anilines is 1. The molecule has 1 unspecified atom stereocenters. The van der Waals surface area contributed by atoms with Crippen molar-refractivity contribution in [3.8, 4) is 5.69 Å². The number of carbonyl (C=O) groups excluding carboxylic acids is 2. The molecule has 1 N–H and O–H groups in total. The van der Waals surface area contributed by atoms with Gasteiger partial charge in [-0.15, -0.1) is 11.8 Å². The first-order valence-electron chi connectivity index (χ1n) is 9.03. The van der Waals surface area contributed by atoms with Crippen LogP contribution >= 0.6 is 11.8 Å². The van der Waals surface area contributed by atoms with Crippen molar-refractivity contribution in [1.29, 1.82) is 0 Å². The number of nitrogens with one attached hydrogen (secondary N) is 1. The number of nitrogens with zero attached hydrogens (tertiary/aromatic N) is 2. The summed E-state index contributed by atoms with van der Waals surface area (Å²) in [6, 6.07) is 15.3. The SMILES string of the molecule is Cc1cc(NC(=O)COC(=O)C2Cc3ccccc3S2)n(-c2ccc(F)cc2)n1. The molecule has 0 fully saturated rings. The molecule has 3 aromatic rings. The number of esters is 1. The van der Waals surface area contributed by atoms with E-state index in [0.717, 1.165) is 10.5 Å². The van der Waals surface area contributed by atoms with Crippen molar-refractivity contribution in [2.45, 2.75) is 23.5 Å². The molecule has 1 amide bonds. The molecule has 8 heteroatoms. The lowest BCUT2D eigenvalue weighted by atomic mass is 10.1. The number of fused-ring (bicyclic) bond motifs is 1. The molecule has 0 bridgehead atoms. The van der Waals surface area contributed by atoms with Crippen molar-refractivity contribution in [2.24, 2.45) is 0 Å². The summed E-state index contributed by atoms with van der Waals surface area (Å²) in [4.78, 5) is 25.7. The van der Waals surface area contributed by atoms with Gasteiger partial charge < -0.3 is 10.1 Å². The molecule has 1 atom stereocenters. The maximum Gasteiger partial charge on any atom is 0.320 e. The number of aryl methyl sites for hydroxylation is 1. The fourth-order valence-corrected chi connectivity index (χ4v) is 4.28. The standard InChI is InChI=1S/C21H18FN3O3S/c1-13-10-19(25(24-13)16-8-6-15(22)7-9-16)23-20(26)12-28-21(27)18-11-14-4-2-3-5-17(14)29-18/h2-10,18H,11-12H2,1H3,(H,23,26). The van der Waals surface area contributed by atoms with Gasteiger partial charge in [-0.1, -0.05) is 18.2 Å². The molecule has 2 aromatic carbocycles. The van der Waals surface area contributed by atoms with Gasteiger partial charge in [0.2, 0.25) is 0 Å². The largest absolute Gasteiger partial charge is 0.455 e. The Hall–Kier alpha value is -3.13. The van der Waals surface area contributed by atoms with Gasteiger partial charge in [-0.3, -0.25) is 9.59 Å². The monoisotopic (exact) mass is 411 g/mol. The van der Waals surface area contributed by atoms with E-state index >= 15 is 0 Å². The number of thioether (sulfide) groups is 1. The maximum absolute atomic E-state index is 13.2. The third kappa shape index (κ3) is 4.32. The summed E-state index contributed by atoms with van der Waals surface area (Å²) < 4.78 is 19.9. The van der Waals surface area contributed by atoms with Gasteiger partial charge in [-0.05, 0) is 49.2 Å². The molecular formula is C21H18FN3O3S. The number of ether oxygens (including phenoxy) is 1. The van der Waals surface area contributed by atoms with Crippen molar-refractivity contribution in [1.82, 2.24) is 9.78 Å². The van der Waals surface area contributed by atoms with E-state index in [9.17, 15) is 14.0 Å². The lowest BCUT2D eigenvalue weighted by molar-refractivity contribution is -0.146. The van der Waals surface area contributed by atoms with Crippen molar-refractivity contribution >= 4 is 29.5 Å². The van der Waals surface area contributed by atoms with Crippen LogP contribution in [0, 0.1) is 12.7 Å². The Kier molecular flexibility index (Phi) is 5.35. The third-order valence-electron chi connectivity index (χ3n) is 4.43. The first kappa shape index (κ1) is 19.2. The molecule has 2 heterocycles. The Labute approximate surface area is 171 Å². The van der Waals surface area contributed by atoms with Crippen molar-refractivity contribution in [2.75, 3.05) is 11.9 Å². The van der Waals surface area contributed by atoms with E-state index in [4.69, 9.17) is 4.74 Å². The summed E-state index contributed by atoms with van der Waals surface area (Å²) >= 11 is 1.45. The van der Waals surface area contributed by atoms with Crippen LogP contribution in [-0.2, 0) is 20.7 Å². The van der Waals surface area contributed by atoms with Crippen LogP contribution in [0.3, 0.4) is 0 Å². The maximum atomic E-state index is 13.2. The lowest BCUT2D eigenvalue weighted by Gasteiger charge is -2.11. The zero-order chi connectivity index (χ0) is 20.4. The van der Waals surface area contributed by atoms with Crippen LogP contribution in [0.1, 0.15) is 11.3 Å². The Morgan fingerprint density at radius 3 is 2.76 bits per heavy atom. The quantitative estimate of drug-likeness (QED) is 0.651. The lowest BCUT2D eigenvalue weighted by Crippen LogP contribution is -2.26. The van der Waals surface area contributed by atoms with Crippen LogP contribution in [0.4, 0.5) is 10.2 Å². The first-order valence-corrected chi connectivity index (χ1v) is 9.91. The Morgan fingerprint density at radius 2 is 2.00 bits per heavy atom. The van der Waals surface area contributed by atoms with Crippen LogP contribution < -0.4 is 5.32 Å². The molecule has 1 aliphatic heterocycles. The Balaban J connectivity index is 1.36. The topological polar surface area (TPSA) is 73.2 Å². The molecule has 0 spiro atoms. The van der Waals surface area contributed by atoms with E-state index in [1.807, 2.05) is 24.3 Å². The highest BCUT2D eigenvalue weighted by atomic mass is 32.2. The fourth-order valence-electron chi connectivity index (χ4n) is 3.09. The molecule has 4 rings (SSSR count). The molecule has 0 aliphatic carbocycles. The molecule has 0 radical (unpaired) electrons. The second-order valence-corrected chi connectivity index (χ2v) is 7.88. The number of hydrogen-bond acceptors (Lipinski definition) is 5. The molecular weight excluding hydrogens is 393 g/mol. The van der Waals surface area contributed by atoms with Crippen LogP contribution in [0.2, 0.25) is 0 Å². The number of carbonyl (C=O) groups is 2. The Morgan fingerprint density at radius 1 is 1.24 bits per heavy atom. The zero-order valence-corrected chi connectivity index (χ0v) is 16.4. The minimum absolute atomic E-state index is 0.341. The average Bonchev–Trinajstić information content (AvgIpc) is 3.30. The highest BCUT2D eigenvalue weighted by Gasteiger charge is 2.29. The van der Waals surface area contributed by atoms with Gasteiger partial charge in [0, 0.05) is 11.0 Å². The molecule has 1 aromatic heterocycles. The van der Waals surface area contributed by atoms with Gasteiger partial charge in [0.1, 0.15) is 16.9 Å². The Bertz CT molecular complexity index is 1040. The molecule has 148 valence electrons. The van der Waals surface area contributed by atoms with E-state index in [0.29, 0.717) is 23.6 Å². The molecule has 1 aliphatic rings. The molecule has 29 heavy (non-hydrogen) atoms. The van der Waals surface area contributed by atoms with E-state index in [1.165, 1.54) is 28.6 Å². The molecule has 6 nitrogen and oxygen atoms in total. The summed E-state index contributed by atoms with van der Waals surface area (Å²) in [5.41, 5.74) is 2.40. The summed E-state index contributed by atoms with van der Waals surface area (Å²) in [5.74, 6) is -0.827. The van der Waals surface area contributed by atoms with Gasteiger partial charge in [0.05, 0.1) is 11.4 Å². The second-order valence-electron chi connectivity index (χ2n) is 6.63. The number of benzene rings is 2. The minimum Gasteiger partial charge on any atom is -0.455 e. The summed E-state index contributed by atoms with van der Waals surface area (Å²) in [6.45, 7) is 1.39. The smallest absolute Gasteiger partial charge is 0.320 e.